The first-order valence-corrected chi connectivity index (χ1v) is 7.22. The van der Waals surface area contributed by atoms with Crippen LogP contribution in [0, 0.1) is 0 Å². The molecule has 90 valence electrons. The molecule has 1 aliphatic carbocycles. The molecule has 0 fully saturated rings. The fourth-order valence-corrected chi connectivity index (χ4v) is 3.30. The van der Waals surface area contributed by atoms with Gasteiger partial charge in [0.05, 0.1) is 0 Å². The normalized spacial score (nSPS) is 19.9. The van der Waals surface area contributed by atoms with Crippen molar-refractivity contribution >= 4 is 11.3 Å². The van der Waals surface area contributed by atoms with E-state index < -0.39 is 0 Å². The van der Waals surface area contributed by atoms with E-state index in [0.29, 0.717) is 0 Å². The Labute approximate surface area is 106 Å². The van der Waals surface area contributed by atoms with E-state index in [1.807, 2.05) is 0 Å². The summed E-state index contributed by atoms with van der Waals surface area (Å²) in [6.07, 6.45) is 9.42. The molecule has 2 nitrogen and oxygen atoms in total. The van der Waals surface area contributed by atoms with E-state index in [2.05, 4.69) is 33.8 Å². The van der Waals surface area contributed by atoms with Crippen LogP contribution in [0.3, 0.4) is 0 Å². The number of aryl methyl sites for hydroxylation is 1. The second-order valence-electron chi connectivity index (χ2n) is 4.89. The van der Waals surface area contributed by atoms with E-state index in [0.717, 1.165) is 13.0 Å². The first-order chi connectivity index (χ1) is 8.33. The predicted molar refractivity (Wildman–Crippen MR) is 72.3 cm³/mol. The molecule has 1 aliphatic rings. The number of aromatic nitrogens is 1. The van der Waals surface area contributed by atoms with Gasteiger partial charge in [-0.25, -0.2) is 0 Å². The standard InChI is InChI=1S/C14H18N2S/c15-14-4-2-1-3-12-8-16(9-13(12)14)7-11-5-6-17-10-11/h5-6,8-10,14H,1-4,7,15H2. The van der Waals surface area contributed by atoms with Crippen molar-refractivity contribution in [3.8, 4) is 0 Å². The molecule has 0 aliphatic heterocycles. The zero-order valence-corrected chi connectivity index (χ0v) is 10.7. The minimum atomic E-state index is 0.247. The van der Waals surface area contributed by atoms with Gasteiger partial charge >= 0.3 is 0 Å². The highest BCUT2D eigenvalue weighted by atomic mass is 32.1. The summed E-state index contributed by atoms with van der Waals surface area (Å²) in [5, 5.41) is 4.35. The topological polar surface area (TPSA) is 30.9 Å². The van der Waals surface area contributed by atoms with Gasteiger partial charge in [0.2, 0.25) is 0 Å². The third-order valence-corrected chi connectivity index (χ3v) is 4.29. The lowest BCUT2D eigenvalue weighted by Crippen LogP contribution is -2.09. The number of hydrogen-bond acceptors (Lipinski definition) is 2. The van der Waals surface area contributed by atoms with E-state index in [-0.39, 0.29) is 6.04 Å². The van der Waals surface area contributed by atoms with Crippen LogP contribution in [0.5, 0.6) is 0 Å². The Morgan fingerprint density at radius 2 is 2.29 bits per heavy atom. The van der Waals surface area contributed by atoms with E-state index >= 15 is 0 Å². The van der Waals surface area contributed by atoms with Crippen molar-refractivity contribution in [3.63, 3.8) is 0 Å². The van der Waals surface area contributed by atoms with Crippen molar-refractivity contribution in [2.75, 3.05) is 0 Å². The maximum absolute atomic E-state index is 6.22. The quantitative estimate of drug-likeness (QED) is 0.810. The molecule has 17 heavy (non-hydrogen) atoms. The van der Waals surface area contributed by atoms with Crippen molar-refractivity contribution in [3.05, 3.63) is 45.9 Å². The first-order valence-electron chi connectivity index (χ1n) is 6.28. The highest BCUT2D eigenvalue weighted by Crippen LogP contribution is 2.28. The van der Waals surface area contributed by atoms with E-state index in [9.17, 15) is 0 Å². The summed E-state index contributed by atoms with van der Waals surface area (Å²) in [6.45, 7) is 0.975. The molecule has 0 radical (unpaired) electrons. The van der Waals surface area contributed by atoms with Crippen LogP contribution in [0.2, 0.25) is 0 Å². The molecular formula is C14H18N2S. The van der Waals surface area contributed by atoms with Crippen molar-refractivity contribution < 1.29 is 0 Å². The van der Waals surface area contributed by atoms with Crippen LogP contribution in [-0.2, 0) is 13.0 Å². The molecule has 0 saturated carbocycles. The largest absolute Gasteiger partial charge is 0.349 e. The zero-order valence-electron chi connectivity index (χ0n) is 9.93. The molecular weight excluding hydrogens is 228 g/mol. The third kappa shape index (κ3) is 2.31. The Bertz CT molecular complexity index is 484. The van der Waals surface area contributed by atoms with E-state index in [1.54, 1.807) is 11.3 Å². The maximum atomic E-state index is 6.22. The Kier molecular flexibility index (Phi) is 3.04. The highest BCUT2D eigenvalue weighted by molar-refractivity contribution is 7.07. The van der Waals surface area contributed by atoms with Crippen molar-refractivity contribution in [1.29, 1.82) is 0 Å². The Balaban J connectivity index is 1.86. The third-order valence-electron chi connectivity index (χ3n) is 3.55. The van der Waals surface area contributed by atoms with Gasteiger partial charge in [-0.1, -0.05) is 6.42 Å². The molecule has 3 rings (SSSR count). The van der Waals surface area contributed by atoms with Gasteiger partial charge in [0.1, 0.15) is 0 Å². The van der Waals surface area contributed by atoms with Gasteiger partial charge in [0.15, 0.2) is 0 Å². The average molecular weight is 246 g/mol. The molecule has 0 aromatic carbocycles. The smallest absolute Gasteiger partial charge is 0.0478 e. The van der Waals surface area contributed by atoms with Gasteiger partial charge in [-0.3, -0.25) is 0 Å². The molecule has 3 heteroatoms. The number of rotatable bonds is 2. The minimum Gasteiger partial charge on any atom is -0.349 e. The van der Waals surface area contributed by atoms with Crippen LogP contribution in [0.4, 0.5) is 0 Å². The van der Waals surface area contributed by atoms with Gasteiger partial charge in [-0.2, -0.15) is 11.3 Å². The molecule has 0 saturated heterocycles. The summed E-state index contributed by atoms with van der Waals surface area (Å²) in [7, 11) is 0. The zero-order chi connectivity index (χ0) is 11.7. The van der Waals surface area contributed by atoms with Crippen molar-refractivity contribution in [2.24, 2.45) is 5.73 Å². The van der Waals surface area contributed by atoms with E-state index in [4.69, 9.17) is 5.73 Å². The molecule has 0 spiro atoms. The Hall–Kier alpha value is -1.06. The molecule has 2 aromatic rings. The number of nitrogens with zero attached hydrogens (tertiary/aromatic N) is 1. The number of nitrogens with two attached hydrogens (primary N) is 1. The monoisotopic (exact) mass is 246 g/mol. The molecule has 2 N–H and O–H groups in total. The maximum Gasteiger partial charge on any atom is 0.0478 e. The molecule has 1 atom stereocenters. The lowest BCUT2D eigenvalue weighted by molar-refractivity contribution is 0.610. The fourth-order valence-electron chi connectivity index (χ4n) is 2.64. The molecule has 2 heterocycles. The van der Waals surface area contributed by atoms with Gasteiger partial charge in [-0.15, -0.1) is 0 Å². The highest BCUT2D eigenvalue weighted by Gasteiger charge is 2.17. The number of thiophene rings is 1. The van der Waals surface area contributed by atoms with Crippen LogP contribution in [0.15, 0.2) is 29.2 Å². The first kappa shape index (κ1) is 11.1. The lowest BCUT2D eigenvalue weighted by atomic mass is 10.1. The Morgan fingerprint density at radius 1 is 1.35 bits per heavy atom. The van der Waals surface area contributed by atoms with Crippen LogP contribution < -0.4 is 5.73 Å². The molecule has 2 aromatic heterocycles. The van der Waals surface area contributed by atoms with Crippen LogP contribution >= 0.6 is 11.3 Å². The van der Waals surface area contributed by atoms with Crippen LogP contribution in [0.1, 0.15) is 42.0 Å². The SMILES string of the molecule is NC1CCCCc2cn(Cc3ccsc3)cc21. The summed E-state index contributed by atoms with van der Waals surface area (Å²) < 4.78 is 2.29. The molecule has 1 unspecified atom stereocenters. The Morgan fingerprint density at radius 3 is 3.12 bits per heavy atom. The van der Waals surface area contributed by atoms with Gasteiger partial charge in [0, 0.05) is 25.0 Å². The summed E-state index contributed by atoms with van der Waals surface area (Å²) in [4.78, 5) is 0. The van der Waals surface area contributed by atoms with Crippen LogP contribution in [0.25, 0.3) is 0 Å². The fraction of sp³-hybridized carbons (Fsp3) is 0.429. The van der Waals surface area contributed by atoms with Gasteiger partial charge in [-0.05, 0) is 52.8 Å². The van der Waals surface area contributed by atoms with Gasteiger partial charge < -0.3 is 10.3 Å². The van der Waals surface area contributed by atoms with E-state index in [1.165, 1.54) is 36.0 Å². The summed E-state index contributed by atoms with van der Waals surface area (Å²) in [5.41, 5.74) is 10.4. The van der Waals surface area contributed by atoms with Gasteiger partial charge in [0.25, 0.3) is 0 Å². The lowest BCUT2D eigenvalue weighted by Gasteiger charge is -2.07. The van der Waals surface area contributed by atoms with Crippen molar-refractivity contribution in [1.82, 2.24) is 4.57 Å². The minimum absolute atomic E-state index is 0.247. The number of fused-ring (bicyclic) bond motifs is 1. The van der Waals surface area contributed by atoms with Crippen LogP contribution in [-0.4, -0.2) is 4.57 Å². The summed E-state index contributed by atoms with van der Waals surface area (Å²) in [5.74, 6) is 0. The summed E-state index contributed by atoms with van der Waals surface area (Å²) >= 11 is 1.76. The molecule has 0 bridgehead atoms. The van der Waals surface area contributed by atoms with Crippen molar-refractivity contribution in [2.45, 2.75) is 38.3 Å². The average Bonchev–Trinajstić information content (AvgIpc) is 2.92. The predicted octanol–water partition coefficient (Wildman–Crippen LogP) is 3.32. The molecule has 0 amide bonds. The number of hydrogen-bond donors (Lipinski definition) is 1. The second kappa shape index (κ2) is 4.67. The second-order valence-corrected chi connectivity index (χ2v) is 5.68. The summed E-state index contributed by atoms with van der Waals surface area (Å²) in [6, 6.07) is 2.44.